The molecule has 1 atom stereocenters. The molecule has 1 fully saturated rings. The predicted octanol–water partition coefficient (Wildman–Crippen LogP) is 4.19. The maximum atomic E-state index is 13.2. The Balaban J connectivity index is 2.32. The SMILES string of the molecule is CC(C)C1CCCN1c1ccc(F)cc1CCl. The molecule has 1 saturated heterocycles. The molecule has 3 heteroatoms. The molecule has 0 bridgehead atoms. The molecule has 0 amide bonds. The van der Waals surface area contributed by atoms with E-state index in [-0.39, 0.29) is 5.82 Å². The molecule has 1 aliphatic rings. The van der Waals surface area contributed by atoms with Crippen molar-refractivity contribution in [3.8, 4) is 0 Å². The smallest absolute Gasteiger partial charge is 0.123 e. The van der Waals surface area contributed by atoms with E-state index >= 15 is 0 Å². The van der Waals surface area contributed by atoms with Crippen LogP contribution < -0.4 is 4.90 Å². The van der Waals surface area contributed by atoms with Crippen LogP contribution in [0.3, 0.4) is 0 Å². The Morgan fingerprint density at radius 2 is 2.24 bits per heavy atom. The minimum absolute atomic E-state index is 0.204. The van der Waals surface area contributed by atoms with Crippen LogP contribution in [0.1, 0.15) is 32.3 Å². The highest BCUT2D eigenvalue weighted by atomic mass is 35.5. The topological polar surface area (TPSA) is 3.24 Å². The van der Waals surface area contributed by atoms with Gasteiger partial charge in [0.25, 0.3) is 0 Å². The minimum Gasteiger partial charge on any atom is -0.368 e. The van der Waals surface area contributed by atoms with Crippen LogP contribution in [0.15, 0.2) is 18.2 Å². The van der Waals surface area contributed by atoms with Crippen molar-refractivity contribution in [2.24, 2.45) is 5.92 Å². The summed E-state index contributed by atoms with van der Waals surface area (Å²) in [5, 5.41) is 0. The number of rotatable bonds is 3. The van der Waals surface area contributed by atoms with Gasteiger partial charge in [-0.15, -0.1) is 11.6 Å². The van der Waals surface area contributed by atoms with Gasteiger partial charge in [-0.1, -0.05) is 13.8 Å². The van der Waals surface area contributed by atoms with Crippen LogP contribution in [0.4, 0.5) is 10.1 Å². The third kappa shape index (κ3) is 2.57. The van der Waals surface area contributed by atoms with Gasteiger partial charge in [0.1, 0.15) is 5.82 Å². The maximum absolute atomic E-state index is 13.2. The largest absolute Gasteiger partial charge is 0.368 e. The molecule has 0 N–H and O–H groups in total. The van der Waals surface area contributed by atoms with Gasteiger partial charge in [-0.2, -0.15) is 0 Å². The molecular weight excluding hydrogens is 237 g/mol. The fraction of sp³-hybridized carbons (Fsp3) is 0.571. The molecule has 17 heavy (non-hydrogen) atoms. The van der Waals surface area contributed by atoms with Gasteiger partial charge >= 0.3 is 0 Å². The second-order valence-electron chi connectivity index (χ2n) is 5.05. The van der Waals surface area contributed by atoms with Crippen molar-refractivity contribution in [3.63, 3.8) is 0 Å². The van der Waals surface area contributed by atoms with E-state index in [1.54, 1.807) is 6.07 Å². The predicted molar refractivity (Wildman–Crippen MR) is 71.2 cm³/mol. The Bertz CT molecular complexity index is 392. The summed E-state index contributed by atoms with van der Waals surface area (Å²) in [7, 11) is 0. The zero-order valence-corrected chi connectivity index (χ0v) is 11.2. The molecule has 94 valence electrons. The zero-order chi connectivity index (χ0) is 12.4. The lowest BCUT2D eigenvalue weighted by molar-refractivity contribution is 0.491. The van der Waals surface area contributed by atoms with Gasteiger partial charge in [0.05, 0.1) is 0 Å². The van der Waals surface area contributed by atoms with Crippen LogP contribution in [-0.2, 0) is 5.88 Å². The van der Waals surface area contributed by atoms with Crippen molar-refractivity contribution < 1.29 is 4.39 Å². The van der Waals surface area contributed by atoms with Crippen LogP contribution in [0.5, 0.6) is 0 Å². The van der Waals surface area contributed by atoms with Crippen LogP contribution in [0.25, 0.3) is 0 Å². The van der Waals surface area contributed by atoms with Crippen LogP contribution in [0.2, 0.25) is 0 Å². The van der Waals surface area contributed by atoms with Gasteiger partial charge < -0.3 is 4.90 Å². The number of halogens is 2. The Labute approximate surface area is 108 Å². The highest BCUT2D eigenvalue weighted by Crippen LogP contribution is 2.33. The van der Waals surface area contributed by atoms with E-state index in [1.165, 1.54) is 18.9 Å². The first kappa shape index (κ1) is 12.7. The molecule has 0 spiro atoms. The standard InChI is InChI=1S/C14H19ClFN/c1-10(2)13-4-3-7-17(13)14-6-5-12(16)8-11(14)9-15/h5-6,8,10,13H,3-4,7,9H2,1-2H3. The number of hydrogen-bond acceptors (Lipinski definition) is 1. The molecule has 0 aromatic heterocycles. The first-order valence-electron chi connectivity index (χ1n) is 6.24. The summed E-state index contributed by atoms with van der Waals surface area (Å²) in [6.07, 6.45) is 2.43. The lowest BCUT2D eigenvalue weighted by Gasteiger charge is -2.31. The van der Waals surface area contributed by atoms with Crippen molar-refractivity contribution in [1.82, 2.24) is 0 Å². The minimum atomic E-state index is -0.204. The van der Waals surface area contributed by atoms with E-state index < -0.39 is 0 Å². The monoisotopic (exact) mass is 255 g/mol. The molecule has 0 radical (unpaired) electrons. The van der Waals surface area contributed by atoms with Crippen LogP contribution in [-0.4, -0.2) is 12.6 Å². The Kier molecular flexibility index (Phi) is 3.93. The molecule has 1 aromatic rings. The van der Waals surface area contributed by atoms with Crippen LogP contribution >= 0.6 is 11.6 Å². The molecule has 2 rings (SSSR count). The lowest BCUT2D eigenvalue weighted by atomic mass is 10.0. The van der Waals surface area contributed by atoms with Crippen molar-refractivity contribution in [2.75, 3.05) is 11.4 Å². The van der Waals surface area contributed by atoms with Gasteiger partial charge in [0.15, 0.2) is 0 Å². The summed E-state index contributed by atoms with van der Waals surface area (Å²) in [5.41, 5.74) is 2.01. The summed E-state index contributed by atoms with van der Waals surface area (Å²) in [4.78, 5) is 2.39. The number of anilines is 1. The second kappa shape index (κ2) is 5.26. The molecule has 1 nitrogen and oxygen atoms in total. The molecule has 0 aliphatic carbocycles. The van der Waals surface area contributed by atoms with Crippen LogP contribution in [0, 0.1) is 11.7 Å². The summed E-state index contributed by atoms with van der Waals surface area (Å²) in [5.74, 6) is 0.782. The van der Waals surface area contributed by atoms with Crippen molar-refractivity contribution in [1.29, 1.82) is 0 Å². The molecular formula is C14H19ClFN. The Morgan fingerprint density at radius 3 is 2.88 bits per heavy atom. The molecule has 1 heterocycles. The van der Waals surface area contributed by atoms with E-state index in [1.807, 2.05) is 6.07 Å². The fourth-order valence-corrected chi connectivity index (χ4v) is 2.94. The summed E-state index contributed by atoms with van der Waals surface area (Å²) >= 11 is 5.92. The summed E-state index contributed by atoms with van der Waals surface area (Å²) in [6.45, 7) is 5.54. The van der Waals surface area contributed by atoms with E-state index in [4.69, 9.17) is 11.6 Å². The van der Waals surface area contributed by atoms with Gasteiger partial charge in [-0.05, 0) is 42.5 Å². The Hall–Kier alpha value is -0.760. The fourth-order valence-electron chi connectivity index (χ4n) is 2.73. The first-order valence-corrected chi connectivity index (χ1v) is 6.78. The van der Waals surface area contributed by atoms with Crippen molar-refractivity contribution in [3.05, 3.63) is 29.6 Å². The highest BCUT2D eigenvalue weighted by molar-refractivity contribution is 6.17. The normalized spacial score (nSPS) is 20.3. The van der Waals surface area contributed by atoms with Gasteiger partial charge in [-0.25, -0.2) is 4.39 Å². The average Bonchev–Trinajstić information content (AvgIpc) is 2.77. The van der Waals surface area contributed by atoms with Gasteiger partial charge in [0.2, 0.25) is 0 Å². The number of nitrogens with zero attached hydrogens (tertiary/aromatic N) is 1. The summed E-state index contributed by atoms with van der Waals surface area (Å²) in [6, 6.07) is 5.51. The Morgan fingerprint density at radius 1 is 1.47 bits per heavy atom. The van der Waals surface area contributed by atoms with Crippen molar-refractivity contribution >= 4 is 17.3 Å². The number of benzene rings is 1. The van der Waals surface area contributed by atoms with E-state index in [0.29, 0.717) is 17.8 Å². The molecule has 1 aromatic carbocycles. The van der Waals surface area contributed by atoms with Crippen molar-refractivity contribution in [2.45, 2.75) is 38.6 Å². The summed E-state index contributed by atoms with van der Waals surface area (Å²) < 4.78 is 13.2. The third-order valence-electron chi connectivity index (χ3n) is 3.56. The van der Waals surface area contributed by atoms with E-state index in [2.05, 4.69) is 18.7 Å². The lowest BCUT2D eigenvalue weighted by Crippen LogP contribution is -2.33. The van der Waals surface area contributed by atoms with Gasteiger partial charge in [0, 0.05) is 24.2 Å². The third-order valence-corrected chi connectivity index (χ3v) is 3.85. The second-order valence-corrected chi connectivity index (χ2v) is 5.32. The number of hydrogen-bond donors (Lipinski definition) is 0. The first-order chi connectivity index (χ1) is 8.13. The quantitative estimate of drug-likeness (QED) is 0.732. The average molecular weight is 256 g/mol. The molecule has 1 unspecified atom stereocenters. The molecule has 0 saturated carbocycles. The maximum Gasteiger partial charge on any atom is 0.123 e. The van der Waals surface area contributed by atoms with E-state index in [0.717, 1.165) is 17.8 Å². The van der Waals surface area contributed by atoms with Gasteiger partial charge in [-0.3, -0.25) is 0 Å². The van der Waals surface area contributed by atoms with E-state index in [9.17, 15) is 4.39 Å². The number of alkyl halides is 1. The highest BCUT2D eigenvalue weighted by Gasteiger charge is 2.28. The molecule has 1 aliphatic heterocycles. The zero-order valence-electron chi connectivity index (χ0n) is 10.4.